The summed E-state index contributed by atoms with van der Waals surface area (Å²) in [5.74, 6) is 0.909. The molecule has 0 aliphatic heterocycles. The van der Waals surface area contributed by atoms with Crippen LogP contribution in [-0.4, -0.2) is 31.5 Å². The zero-order chi connectivity index (χ0) is 12.9. The summed E-state index contributed by atoms with van der Waals surface area (Å²) in [5, 5.41) is 0. The molecule has 96 valence electrons. The van der Waals surface area contributed by atoms with Gasteiger partial charge in [-0.2, -0.15) is 11.8 Å². The first-order valence-corrected chi connectivity index (χ1v) is 8.06. The van der Waals surface area contributed by atoms with Crippen LogP contribution in [0.2, 0.25) is 0 Å². The van der Waals surface area contributed by atoms with Gasteiger partial charge in [-0.05, 0) is 31.4 Å². The summed E-state index contributed by atoms with van der Waals surface area (Å²) in [6.45, 7) is 1.83. The Labute approximate surface area is 106 Å². The molecular weight excluding hydrogens is 258 g/mol. The highest BCUT2D eigenvalue weighted by Crippen LogP contribution is 2.16. The summed E-state index contributed by atoms with van der Waals surface area (Å²) in [6.07, 6.45) is 5.49. The van der Waals surface area contributed by atoms with Crippen molar-refractivity contribution >= 4 is 27.5 Å². The number of rotatable bonds is 6. The van der Waals surface area contributed by atoms with Gasteiger partial charge in [-0.3, -0.25) is 4.98 Å². The molecule has 0 radical (unpaired) electrons. The minimum atomic E-state index is -3.57. The molecule has 1 rings (SSSR count). The van der Waals surface area contributed by atoms with Gasteiger partial charge in [0.1, 0.15) is 4.90 Å². The molecule has 0 aromatic carbocycles. The first-order valence-electron chi connectivity index (χ1n) is 5.18. The molecule has 1 atom stereocenters. The average molecular weight is 275 g/mol. The minimum Gasteiger partial charge on any atom is -0.398 e. The van der Waals surface area contributed by atoms with Gasteiger partial charge < -0.3 is 5.73 Å². The molecule has 0 fully saturated rings. The van der Waals surface area contributed by atoms with Crippen LogP contribution in [0.4, 0.5) is 5.69 Å². The number of anilines is 1. The first-order chi connectivity index (χ1) is 7.97. The van der Waals surface area contributed by atoms with E-state index in [0.717, 1.165) is 12.2 Å². The van der Waals surface area contributed by atoms with Crippen molar-refractivity contribution < 1.29 is 8.42 Å². The van der Waals surface area contributed by atoms with Crippen LogP contribution in [-0.2, 0) is 10.0 Å². The monoisotopic (exact) mass is 275 g/mol. The number of nitrogens with zero attached hydrogens (tertiary/aromatic N) is 1. The lowest BCUT2D eigenvalue weighted by atomic mass is 10.3. The zero-order valence-electron chi connectivity index (χ0n) is 9.88. The predicted molar refractivity (Wildman–Crippen MR) is 71.4 cm³/mol. The summed E-state index contributed by atoms with van der Waals surface area (Å²) in [4.78, 5) is 3.82. The van der Waals surface area contributed by atoms with Gasteiger partial charge in [-0.25, -0.2) is 13.1 Å². The second kappa shape index (κ2) is 6.23. The van der Waals surface area contributed by atoms with Crippen LogP contribution in [0.15, 0.2) is 23.4 Å². The van der Waals surface area contributed by atoms with Gasteiger partial charge in [0.15, 0.2) is 0 Å². The highest BCUT2D eigenvalue weighted by atomic mass is 32.2. The van der Waals surface area contributed by atoms with E-state index in [-0.39, 0.29) is 16.6 Å². The highest BCUT2D eigenvalue weighted by Gasteiger charge is 2.19. The van der Waals surface area contributed by atoms with Crippen molar-refractivity contribution in [3.05, 3.63) is 18.5 Å². The van der Waals surface area contributed by atoms with Gasteiger partial charge in [-0.15, -0.1) is 0 Å². The molecular formula is C10H17N3O2S2. The molecule has 0 saturated heterocycles. The molecule has 7 heteroatoms. The van der Waals surface area contributed by atoms with Crippen LogP contribution in [0.25, 0.3) is 0 Å². The molecule has 0 bridgehead atoms. The van der Waals surface area contributed by atoms with Gasteiger partial charge in [0.25, 0.3) is 0 Å². The van der Waals surface area contributed by atoms with Crippen LogP contribution in [0, 0.1) is 0 Å². The van der Waals surface area contributed by atoms with Gasteiger partial charge in [0, 0.05) is 18.4 Å². The van der Waals surface area contributed by atoms with Crippen LogP contribution < -0.4 is 10.5 Å². The van der Waals surface area contributed by atoms with E-state index in [2.05, 4.69) is 9.71 Å². The predicted octanol–water partition coefficient (Wildman–Crippen LogP) is 1.08. The molecule has 0 aliphatic rings. The Balaban J connectivity index is 2.79. The average Bonchev–Trinajstić information content (AvgIpc) is 2.26. The number of hydrogen-bond donors (Lipinski definition) is 2. The van der Waals surface area contributed by atoms with Crippen molar-refractivity contribution in [2.24, 2.45) is 0 Å². The van der Waals surface area contributed by atoms with E-state index in [4.69, 9.17) is 5.73 Å². The van der Waals surface area contributed by atoms with Crippen molar-refractivity contribution in [2.45, 2.75) is 24.3 Å². The SMILES string of the molecule is CSCCC(C)NS(=O)(=O)c1cnccc1N. The maximum Gasteiger partial charge on any atom is 0.244 e. The van der Waals surface area contributed by atoms with E-state index in [1.807, 2.05) is 13.2 Å². The van der Waals surface area contributed by atoms with Crippen molar-refractivity contribution in [3.8, 4) is 0 Å². The fourth-order valence-corrected chi connectivity index (χ4v) is 3.24. The fraction of sp³-hybridized carbons (Fsp3) is 0.500. The lowest BCUT2D eigenvalue weighted by Crippen LogP contribution is -2.33. The summed E-state index contributed by atoms with van der Waals surface area (Å²) in [7, 11) is -3.57. The van der Waals surface area contributed by atoms with Crippen LogP contribution >= 0.6 is 11.8 Å². The minimum absolute atomic E-state index is 0.0380. The maximum atomic E-state index is 12.0. The number of sulfonamides is 1. The zero-order valence-corrected chi connectivity index (χ0v) is 11.5. The molecule has 1 heterocycles. The molecule has 3 N–H and O–H groups in total. The second-order valence-electron chi connectivity index (χ2n) is 3.72. The molecule has 0 spiro atoms. The summed E-state index contributed by atoms with van der Waals surface area (Å²) in [6, 6.07) is 1.35. The van der Waals surface area contributed by atoms with Gasteiger partial charge in [-0.1, -0.05) is 0 Å². The lowest BCUT2D eigenvalue weighted by molar-refractivity contribution is 0.557. The molecule has 0 saturated carbocycles. The molecule has 0 amide bonds. The van der Waals surface area contributed by atoms with Crippen LogP contribution in [0.1, 0.15) is 13.3 Å². The number of aromatic nitrogens is 1. The second-order valence-corrected chi connectivity index (χ2v) is 6.39. The van der Waals surface area contributed by atoms with Crippen LogP contribution in [0.5, 0.6) is 0 Å². The number of nitrogens with two attached hydrogens (primary N) is 1. The van der Waals surface area contributed by atoms with E-state index in [9.17, 15) is 8.42 Å². The Kier molecular flexibility index (Phi) is 5.23. The molecule has 17 heavy (non-hydrogen) atoms. The Bertz CT molecular complexity index is 462. The maximum absolute atomic E-state index is 12.0. The first kappa shape index (κ1) is 14.3. The van der Waals surface area contributed by atoms with Gasteiger partial charge >= 0.3 is 0 Å². The third-order valence-electron chi connectivity index (χ3n) is 2.22. The Hall–Kier alpha value is -0.790. The van der Waals surface area contributed by atoms with Crippen molar-refractivity contribution in [1.29, 1.82) is 0 Å². The number of nitrogen functional groups attached to an aromatic ring is 1. The number of nitrogens with one attached hydrogen (secondary N) is 1. The Morgan fingerprint density at radius 3 is 2.88 bits per heavy atom. The number of pyridine rings is 1. The van der Waals surface area contributed by atoms with E-state index >= 15 is 0 Å². The molecule has 0 aliphatic carbocycles. The van der Waals surface area contributed by atoms with E-state index < -0.39 is 10.0 Å². The highest BCUT2D eigenvalue weighted by molar-refractivity contribution is 7.98. The molecule has 1 unspecified atom stereocenters. The van der Waals surface area contributed by atoms with Crippen LogP contribution in [0.3, 0.4) is 0 Å². The number of hydrogen-bond acceptors (Lipinski definition) is 5. The summed E-state index contributed by atoms with van der Waals surface area (Å²) >= 11 is 1.68. The fourth-order valence-electron chi connectivity index (χ4n) is 1.30. The van der Waals surface area contributed by atoms with E-state index in [1.54, 1.807) is 11.8 Å². The molecule has 1 aromatic heterocycles. The third kappa shape index (κ3) is 4.18. The van der Waals surface area contributed by atoms with Gasteiger partial charge in [0.2, 0.25) is 10.0 Å². The molecule has 5 nitrogen and oxygen atoms in total. The standard InChI is InChI=1S/C10H17N3O2S2/c1-8(4-6-16-2)13-17(14,15)10-7-12-5-3-9(10)11/h3,5,7-8,13H,4,6H2,1-2H3,(H2,11,12). The summed E-state index contributed by atoms with van der Waals surface area (Å²) in [5.41, 5.74) is 5.83. The normalized spacial score (nSPS) is 13.5. The largest absolute Gasteiger partial charge is 0.398 e. The quantitative estimate of drug-likeness (QED) is 0.811. The van der Waals surface area contributed by atoms with E-state index in [0.29, 0.717) is 0 Å². The topological polar surface area (TPSA) is 85.1 Å². The lowest BCUT2D eigenvalue weighted by Gasteiger charge is -2.14. The Morgan fingerprint density at radius 2 is 2.29 bits per heavy atom. The van der Waals surface area contributed by atoms with E-state index in [1.165, 1.54) is 18.5 Å². The molecule has 1 aromatic rings. The number of thioether (sulfide) groups is 1. The van der Waals surface area contributed by atoms with Crippen molar-refractivity contribution in [3.63, 3.8) is 0 Å². The third-order valence-corrected chi connectivity index (χ3v) is 4.49. The summed E-state index contributed by atoms with van der Waals surface area (Å²) < 4.78 is 26.6. The van der Waals surface area contributed by atoms with Gasteiger partial charge in [0.05, 0.1) is 5.69 Å². The van der Waals surface area contributed by atoms with Crippen molar-refractivity contribution in [1.82, 2.24) is 9.71 Å². The smallest absolute Gasteiger partial charge is 0.244 e. The van der Waals surface area contributed by atoms with Crippen molar-refractivity contribution in [2.75, 3.05) is 17.7 Å². The Morgan fingerprint density at radius 1 is 1.59 bits per heavy atom.